The first-order valence-corrected chi connectivity index (χ1v) is 6.74. The maximum atomic E-state index is 12.2. The van der Waals surface area contributed by atoms with Crippen LogP contribution >= 0.6 is 0 Å². The Bertz CT molecular complexity index is 442. The summed E-state index contributed by atoms with van der Waals surface area (Å²) in [5.41, 5.74) is 1.20. The van der Waals surface area contributed by atoms with Gasteiger partial charge in [0.2, 0.25) is 0 Å². The van der Waals surface area contributed by atoms with Crippen LogP contribution in [0.5, 0.6) is 0 Å². The van der Waals surface area contributed by atoms with Gasteiger partial charge in [-0.15, -0.1) is 0 Å². The monoisotopic (exact) mass is 277 g/mol. The van der Waals surface area contributed by atoms with Gasteiger partial charge in [-0.1, -0.05) is 0 Å². The minimum absolute atomic E-state index is 0.00212. The molecule has 0 aromatic carbocycles. The fourth-order valence-corrected chi connectivity index (χ4v) is 1.71. The molecule has 1 heterocycles. The zero-order chi connectivity index (χ0) is 15.0. The lowest BCUT2D eigenvalue weighted by molar-refractivity contribution is -0.125. The number of aliphatic imine (C=N–C) groups is 3. The Kier molecular flexibility index (Phi) is 6.79. The minimum atomic E-state index is -0.00212. The Morgan fingerprint density at radius 1 is 1.15 bits per heavy atom. The summed E-state index contributed by atoms with van der Waals surface area (Å²) >= 11 is 0. The Balaban J connectivity index is 2.59. The number of carbonyl (C=O) groups is 1. The van der Waals surface area contributed by atoms with Crippen molar-refractivity contribution in [1.82, 2.24) is 9.80 Å². The van der Waals surface area contributed by atoms with E-state index in [2.05, 4.69) is 26.9 Å². The number of likely N-dealkylation sites (N-methyl/N-ethyl adjacent to an activating group) is 1. The van der Waals surface area contributed by atoms with Crippen LogP contribution in [0.4, 0.5) is 0 Å². The standard InChI is InChI=1S/C14H23N5O/c1-5-15-11-17-12(2)10-16-13(3)14(20)19-8-6-18(4)7-9-19/h5,10-11H,6-9H2,1-4H3/b12-10+,15-5?,16-13?,17-11?. The maximum Gasteiger partial charge on any atom is 0.268 e. The molecule has 1 fully saturated rings. The zero-order valence-electron chi connectivity index (χ0n) is 12.7. The molecule has 110 valence electrons. The van der Waals surface area contributed by atoms with Gasteiger partial charge in [-0.2, -0.15) is 0 Å². The number of piperazine rings is 1. The number of amides is 1. The van der Waals surface area contributed by atoms with E-state index < -0.39 is 0 Å². The molecule has 0 N–H and O–H groups in total. The van der Waals surface area contributed by atoms with Crippen molar-refractivity contribution in [3.63, 3.8) is 0 Å². The van der Waals surface area contributed by atoms with Crippen molar-refractivity contribution in [1.29, 1.82) is 0 Å². The van der Waals surface area contributed by atoms with Gasteiger partial charge in [0.15, 0.2) is 0 Å². The summed E-state index contributed by atoms with van der Waals surface area (Å²) in [6.45, 7) is 8.71. The van der Waals surface area contributed by atoms with Crippen LogP contribution in [-0.2, 0) is 4.79 Å². The first-order chi connectivity index (χ1) is 9.54. The average molecular weight is 277 g/mol. The number of nitrogens with zero attached hydrogens (tertiary/aromatic N) is 5. The van der Waals surface area contributed by atoms with E-state index in [1.165, 1.54) is 6.34 Å². The van der Waals surface area contributed by atoms with E-state index in [-0.39, 0.29) is 5.91 Å². The molecule has 1 aliphatic heterocycles. The van der Waals surface area contributed by atoms with Gasteiger partial charge >= 0.3 is 0 Å². The van der Waals surface area contributed by atoms with Gasteiger partial charge in [0, 0.05) is 38.6 Å². The van der Waals surface area contributed by atoms with E-state index in [9.17, 15) is 4.79 Å². The Labute approximate surface area is 120 Å². The van der Waals surface area contributed by atoms with Gasteiger partial charge in [0.25, 0.3) is 5.91 Å². The lowest BCUT2D eigenvalue weighted by atomic mass is 10.3. The van der Waals surface area contributed by atoms with Crippen LogP contribution in [0.25, 0.3) is 0 Å². The summed E-state index contributed by atoms with van der Waals surface area (Å²) in [6.07, 6.45) is 4.70. The fraction of sp³-hybridized carbons (Fsp3) is 0.571. The second-order valence-electron chi connectivity index (χ2n) is 4.73. The van der Waals surface area contributed by atoms with E-state index in [0.29, 0.717) is 11.4 Å². The zero-order valence-corrected chi connectivity index (χ0v) is 12.7. The molecule has 0 saturated carbocycles. The average Bonchev–Trinajstić information content (AvgIpc) is 2.45. The first kappa shape index (κ1) is 16.2. The first-order valence-electron chi connectivity index (χ1n) is 6.74. The summed E-state index contributed by atoms with van der Waals surface area (Å²) in [7, 11) is 2.06. The molecular weight excluding hydrogens is 254 g/mol. The maximum absolute atomic E-state index is 12.2. The molecule has 0 aromatic rings. The molecule has 6 heteroatoms. The minimum Gasteiger partial charge on any atom is -0.335 e. The molecular formula is C14H23N5O. The molecule has 20 heavy (non-hydrogen) atoms. The van der Waals surface area contributed by atoms with E-state index in [1.54, 1.807) is 19.3 Å². The Morgan fingerprint density at radius 3 is 2.40 bits per heavy atom. The molecule has 0 bridgehead atoms. The topological polar surface area (TPSA) is 60.6 Å². The van der Waals surface area contributed by atoms with Gasteiger partial charge in [0.1, 0.15) is 12.1 Å². The molecule has 0 unspecified atom stereocenters. The lowest BCUT2D eigenvalue weighted by Crippen LogP contribution is -2.48. The van der Waals surface area contributed by atoms with Gasteiger partial charge in [-0.25, -0.2) is 9.98 Å². The molecule has 0 aliphatic carbocycles. The van der Waals surface area contributed by atoms with E-state index in [0.717, 1.165) is 26.2 Å². The Hall–Kier alpha value is -1.82. The largest absolute Gasteiger partial charge is 0.335 e. The molecule has 0 radical (unpaired) electrons. The van der Waals surface area contributed by atoms with Gasteiger partial charge in [0.05, 0.1) is 5.70 Å². The predicted molar refractivity (Wildman–Crippen MR) is 83.6 cm³/mol. The van der Waals surface area contributed by atoms with Crippen LogP contribution in [0.2, 0.25) is 0 Å². The van der Waals surface area contributed by atoms with Gasteiger partial charge in [-0.05, 0) is 27.8 Å². The van der Waals surface area contributed by atoms with Crippen LogP contribution in [0.15, 0.2) is 26.9 Å². The highest BCUT2D eigenvalue weighted by molar-refractivity contribution is 6.38. The predicted octanol–water partition coefficient (Wildman–Crippen LogP) is 1.20. The number of hydrogen-bond acceptors (Lipinski definition) is 4. The van der Waals surface area contributed by atoms with Crippen molar-refractivity contribution in [2.75, 3.05) is 33.2 Å². The number of allylic oxidation sites excluding steroid dienone is 1. The lowest BCUT2D eigenvalue weighted by Gasteiger charge is -2.32. The molecule has 6 nitrogen and oxygen atoms in total. The highest BCUT2D eigenvalue weighted by Gasteiger charge is 2.20. The quantitative estimate of drug-likeness (QED) is 0.572. The van der Waals surface area contributed by atoms with E-state index in [4.69, 9.17) is 0 Å². The second kappa shape index (κ2) is 8.37. The summed E-state index contributed by atoms with van der Waals surface area (Å²) in [5.74, 6) is -0.00212. The van der Waals surface area contributed by atoms with Gasteiger partial charge in [-0.3, -0.25) is 9.79 Å². The third-order valence-corrected chi connectivity index (χ3v) is 3.02. The number of carbonyl (C=O) groups excluding carboxylic acids is 1. The van der Waals surface area contributed by atoms with Crippen LogP contribution in [0.1, 0.15) is 20.8 Å². The smallest absolute Gasteiger partial charge is 0.268 e. The van der Waals surface area contributed by atoms with Crippen molar-refractivity contribution >= 4 is 24.2 Å². The van der Waals surface area contributed by atoms with Crippen molar-refractivity contribution in [2.24, 2.45) is 15.0 Å². The molecule has 0 spiro atoms. The Morgan fingerprint density at radius 2 is 1.80 bits per heavy atom. The SMILES string of the molecule is CC=NC=N/C(C)=C/N=C(C)C(=O)N1CCN(C)CC1. The van der Waals surface area contributed by atoms with Crippen molar-refractivity contribution < 1.29 is 4.79 Å². The summed E-state index contributed by atoms with van der Waals surface area (Å²) in [4.78, 5) is 28.3. The molecule has 1 saturated heterocycles. The molecule has 0 atom stereocenters. The van der Waals surface area contributed by atoms with E-state index in [1.807, 2.05) is 18.7 Å². The fourth-order valence-electron chi connectivity index (χ4n) is 1.71. The van der Waals surface area contributed by atoms with E-state index >= 15 is 0 Å². The summed E-state index contributed by atoms with van der Waals surface area (Å²) < 4.78 is 0. The summed E-state index contributed by atoms with van der Waals surface area (Å²) in [6, 6.07) is 0. The number of hydrogen-bond donors (Lipinski definition) is 0. The third-order valence-electron chi connectivity index (χ3n) is 3.02. The normalized spacial score (nSPS) is 19.3. The second-order valence-corrected chi connectivity index (χ2v) is 4.73. The highest BCUT2D eigenvalue weighted by atomic mass is 16.2. The summed E-state index contributed by atoms with van der Waals surface area (Å²) in [5, 5.41) is 0. The van der Waals surface area contributed by atoms with Crippen molar-refractivity contribution in [3.8, 4) is 0 Å². The van der Waals surface area contributed by atoms with Crippen LogP contribution in [0.3, 0.4) is 0 Å². The van der Waals surface area contributed by atoms with Crippen molar-refractivity contribution in [2.45, 2.75) is 20.8 Å². The molecule has 0 aromatic heterocycles. The molecule has 1 amide bonds. The number of rotatable bonds is 4. The van der Waals surface area contributed by atoms with Gasteiger partial charge < -0.3 is 9.80 Å². The van der Waals surface area contributed by atoms with Crippen LogP contribution in [0, 0.1) is 0 Å². The van der Waals surface area contributed by atoms with Crippen LogP contribution < -0.4 is 0 Å². The van der Waals surface area contributed by atoms with Crippen molar-refractivity contribution in [3.05, 3.63) is 11.9 Å². The third kappa shape index (κ3) is 5.44. The molecule has 1 aliphatic rings. The van der Waals surface area contributed by atoms with Crippen LogP contribution in [-0.4, -0.2) is 67.2 Å². The molecule has 1 rings (SSSR count). The highest BCUT2D eigenvalue weighted by Crippen LogP contribution is 2.02.